The number of morpholine rings is 1. The van der Waals surface area contributed by atoms with Gasteiger partial charge in [0.05, 0.1) is 12.7 Å². The number of rotatable bonds is 7. The predicted octanol–water partition coefficient (Wildman–Crippen LogP) is 3.05. The Morgan fingerprint density at radius 2 is 2.05 bits per heavy atom. The quantitative estimate of drug-likeness (QED) is 0.726. The highest BCUT2D eigenvalue weighted by Gasteiger charge is 2.37. The third kappa shape index (κ3) is 4.19. The average Bonchev–Trinajstić information content (AvgIpc) is 2.48. The molecule has 1 N–H and O–H groups in total. The highest BCUT2D eigenvalue weighted by atomic mass is 16.5. The molecule has 0 spiro atoms. The number of ether oxygens (including phenoxy) is 1. The first-order valence-corrected chi connectivity index (χ1v) is 8.75. The van der Waals surface area contributed by atoms with Crippen LogP contribution < -0.4 is 5.32 Å². The van der Waals surface area contributed by atoms with E-state index in [0.29, 0.717) is 17.6 Å². The van der Waals surface area contributed by atoms with Crippen LogP contribution in [0.2, 0.25) is 0 Å². The van der Waals surface area contributed by atoms with E-state index in [4.69, 9.17) is 4.74 Å². The zero-order valence-corrected chi connectivity index (χ0v) is 13.8. The Morgan fingerprint density at radius 3 is 2.80 bits per heavy atom. The molecule has 0 radical (unpaired) electrons. The lowest BCUT2D eigenvalue weighted by Gasteiger charge is -2.47. The Kier molecular flexibility index (Phi) is 6.31. The first kappa shape index (κ1) is 16.3. The van der Waals surface area contributed by atoms with Gasteiger partial charge < -0.3 is 10.1 Å². The Morgan fingerprint density at radius 1 is 1.25 bits per heavy atom. The van der Waals surface area contributed by atoms with E-state index in [-0.39, 0.29) is 0 Å². The van der Waals surface area contributed by atoms with Gasteiger partial charge in [0.1, 0.15) is 0 Å². The molecule has 3 atom stereocenters. The average molecular weight is 282 g/mol. The first-order valence-electron chi connectivity index (χ1n) is 8.75. The predicted molar refractivity (Wildman–Crippen MR) is 85.1 cm³/mol. The van der Waals surface area contributed by atoms with Crippen LogP contribution >= 0.6 is 0 Å². The molecule has 1 saturated heterocycles. The second-order valence-corrected chi connectivity index (χ2v) is 7.07. The summed E-state index contributed by atoms with van der Waals surface area (Å²) in [5, 5.41) is 3.63. The van der Waals surface area contributed by atoms with E-state index in [1.165, 1.54) is 45.1 Å². The zero-order valence-electron chi connectivity index (χ0n) is 13.8. The van der Waals surface area contributed by atoms with E-state index in [2.05, 4.69) is 31.0 Å². The molecule has 2 rings (SSSR count). The van der Waals surface area contributed by atoms with Gasteiger partial charge in [-0.05, 0) is 37.6 Å². The summed E-state index contributed by atoms with van der Waals surface area (Å²) >= 11 is 0. The fourth-order valence-corrected chi connectivity index (χ4v) is 3.72. The molecule has 1 aliphatic heterocycles. The minimum Gasteiger partial charge on any atom is -0.375 e. The molecule has 2 aliphatic rings. The summed E-state index contributed by atoms with van der Waals surface area (Å²) in [5.74, 6) is 0. The summed E-state index contributed by atoms with van der Waals surface area (Å²) < 4.78 is 6.00. The summed E-state index contributed by atoms with van der Waals surface area (Å²) in [6, 6.07) is 0.689. The van der Waals surface area contributed by atoms with Crippen molar-refractivity contribution in [3.8, 4) is 0 Å². The lowest BCUT2D eigenvalue weighted by atomic mass is 9.83. The van der Waals surface area contributed by atoms with Crippen molar-refractivity contribution in [1.29, 1.82) is 0 Å². The lowest BCUT2D eigenvalue weighted by Crippen LogP contribution is -2.56. The summed E-state index contributed by atoms with van der Waals surface area (Å²) in [6.45, 7) is 12.6. The molecular weight excluding hydrogens is 248 g/mol. The van der Waals surface area contributed by atoms with Crippen LogP contribution in [0.3, 0.4) is 0 Å². The monoisotopic (exact) mass is 282 g/mol. The molecular formula is C17H34N2O. The van der Waals surface area contributed by atoms with Crippen molar-refractivity contribution in [2.24, 2.45) is 5.41 Å². The van der Waals surface area contributed by atoms with Crippen LogP contribution in [0.5, 0.6) is 0 Å². The van der Waals surface area contributed by atoms with E-state index >= 15 is 0 Å². The van der Waals surface area contributed by atoms with Crippen LogP contribution in [0.15, 0.2) is 0 Å². The molecule has 0 aromatic rings. The maximum absolute atomic E-state index is 6.00. The van der Waals surface area contributed by atoms with E-state index in [1.54, 1.807) is 0 Å². The van der Waals surface area contributed by atoms with Crippen LogP contribution in [0.4, 0.5) is 0 Å². The van der Waals surface area contributed by atoms with Gasteiger partial charge in [-0.15, -0.1) is 0 Å². The second-order valence-electron chi connectivity index (χ2n) is 7.07. The van der Waals surface area contributed by atoms with Crippen molar-refractivity contribution in [2.45, 2.75) is 71.4 Å². The number of hydrogen-bond donors (Lipinski definition) is 1. The van der Waals surface area contributed by atoms with E-state index in [9.17, 15) is 0 Å². The van der Waals surface area contributed by atoms with Gasteiger partial charge in [0.25, 0.3) is 0 Å². The fourth-order valence-electron chi connectivity index (χ4n) is 3.72. The number of fused-ring (bicyclic) bond motifs is 1. The summed E-state index contributed by atoms with van der Waals surface area (Å²) in [7, 11) is 0. The normalized spacial score (nSPS) is 30.8. The molecule has 3 nitrogen and oxygen atoms in total. The third-order valence-corrected chi connectivity index (χ3v) is 5.26. The van der Waals surface area contributed by atoms with Gasteiger partial charge in [-0.2, -0.15) is 0 Å². The number of nitrogens with zero attached hydrogens (tertiary/aromatic N) is 1. The molecule has 2 fully saturated rings. The molecule has 0 aromatic heterocycles. The zero-order chi connectivity index (χ0) is 14.4. The van der Waals surface area contributed by atoms with Gasteiger partial charge in [-0.1, -0.05) is 33.6 Å². The highest BCUT2D eigenvalue weighted by molar-refractivity contribution is 4.90. The van der Waals surface area contributed by atoms with Crippen LogP contribution in [-0.4, -0.2) is 49.8 Å². The first-order chi connectivity index (χ1) is 9.68. The molecule has 1 saturated carbocycles. The van der Waals surface area contributed by atoms with E-state index < -0.39 is 0 Å². The molecule has 20 heavy (non-hydrogen) atoms. The molecule has 118 valence electrons. The SMILES string of the molecule is CCCNCC(C)(CC)CN1CCOC2CCCCC21. The van der Waals surface area contributed by atoms with Crippen LogP contribution in [0.1, 0.15) is 59.3 Å². The van der Waals surface area contributed by atoms with E-state index in [1.807, 2.05) is 0 Å². The smallest absolute Gasteiger partial charge is 0.0730 e. The van der Waals surface area contributed by atoms with Crippen LogP contribution in [0.25, 0.3) is 0 Å². The van der Waals surface area contributed by atoms with Gasteiger partial charge in [0.2, 0.25) is 0 Å². The van der Waals surface area contributed by atoms with Crippen molar-refractivity contribution in [3.63, 3.8) is 0 Å². The maximum Gasteiger partial charge on any atom is 0.0730 e. The van der Waals surface area contributed by atoms with Gasteiger partial charge >= 0.3 is 0 Å². The topological polar surface area (TPSA) is 24.5 Å². The van der Waals surface area contributed by atoms with Crippen molar-refractivity contribution in [2.75, 3.05) is 32.8 Å². The van der Waals surface area contributed by atoms with Crippen LogP contribution in [-0.2, 0) is 4.74 Å². The summed E-state index contributed by atoms with van der Waals surface area (Å²) in [5.41, 5.74) is 0.397. The van der Waals surface area contributed by atoms with Crippen molar-refractivity contribution in [1.82, 2.24) is 10.2 Å². The summed E-state index contributed by atoms with van der Waals surface area (Å²) in [6.07, 6.45) is 8.35. The minimum atomic E-state index is 0.397. The Balaban J connectivity index is 1.91. The van der Waals surface area contributed by atoms with Crippen LogP contribution in [0, 0.1) is 5.41 Å². The minimum absolute atomic E-state index is 0.397. The highest BCUT2D eigenvalue weighted by Crippen LogP contribution is 2.31. The molecule has 0 bridgehead atoms. The lowest BCUT2D eigenvalue weighted by molar-refractivity contribution is -0.0979. The molecule has 1 heterocycles. The largest absolute Gasteiger partial charge is 0.375 e. The molecule has 1 aliphatic carbocycles. The molecule has 0 amide bonds. The standard InChI is InChI=1S/C17H34N2O/c1-4-10-18-13-17(3,5-2)14-19-11-12-20-16-9-7-6-8-15(16)19/h15-16,18H,4-14H2,1-3H3. The molecule has 3 heteroatoms. The summed E-state index contributed by atoms with van der Waals surface area (Å²) in [4.78, 5) is 2.74. The number of nitrogens with one attached hydrogen (secondary N) is 1. The molecule has 0 aromatic carbocycles. The Hall–Kier alpha value is -0.120. The van der Waals surface area contributed by atoms with Gasteiger partial charge in [-0.25, -0.2) is 0 Å². The van der Waals surface area contributed by atoms with E-state index in [0.717, 1.165) is 26.2 Å². The van der Waals surface area contributed by atoms with Gasteiger partial charge in [0.15, 0.2) is 0 Å². The maximum atomic E-state index is 6.00. The van der Waals surface area contributed by atoms with Gasteiger partial charge in [0, 0.05) is 25.7 Å². The van der Waals surface area contributed by atoms with Crippen molar-refractivity contribution < 1.29 is 4.74 Å². The van der Waals surface area contributed by atoms with Crippen molar-refractivity contribution in [3.05, 3.63) is 0 Å². The Labute approximate surface area is 125 Å². The number of hydrogen-bond acceptors (Lipinski definition) is 3. The van der Waals surface area contributed by atoms with Crippen molar-refractivity contribution >= 4 is 0 Å². The third-order valence-electron chi connectivity index (χ3n) is 5.26. The Bertz CT molecular complexity index is 282. The van der Waals surface area contributed by atoms with Gasteiger partial charge in [-0.3, -0.25) is 4.90 Å². The fraction of sp³-hybridized carbons (Fsp3) is 1.00. The molecule has 3 unspecified atom stereocenters. The second kappa shape index (κ2) is 7.77.